The van der Waals surface area contributed by atoms with Crippen LogP contribution in [0.5, 0.6) is 0 Å². The first-order chi connectivity index (χ1) is 8.68. The Morgan fingerprint density at radius 3 is 2.44 bits per heavy atom. The van der Waals surface area contributed by atoms with E-state index in [0.29, 0.717) is 5.56 Å². The zero-order valence-electron chi connectivity index (χ0n) is 10.7. The fraction of sp³-hybridized carbons (Fsp3) is 0.467. The highest BCUT2D eigenvalue weighted by Gasteiger charge is 2.29. The summed E-state index contributed by atoms with van der Waals surface area (Å²) in [4.78, 5) is 23.6. The summed E-state index contributed by atoms with van der Waals surface area (Å²) in [6, 6.07) is 9.16. The lowest BCUT2D eigenvalue weighted by atomic mass is 9.82. The molecule has 1 aromatic carbocycles. The molecule has 1 aromatic rings. The zero-order chi connectivity index (χ0) is 13.0. The largest absolute Gasteiger partial charge is 0.349 e. The Bertz CT molecular complexity index is 427. The number of hydrogen-bond donors (Lipinski definition) is 1. The van der Waals surface area contributed by atoms with Crippen LogP contribution in [0.15, 0.2) is 30.3 Å². The van der Waals surface area contributed by atoms with Crippen LogP contribution in [0.3, 0.4) is 0 Å². The molecule has 96 valence electrons. The van der Waals surface area contributed by atoms with Crippen LogP contribution in [0.1, 0.15) is 43.0 Å². The van der Waals surface area contributed by atoms with Crippen molar-refractivity contribution in [3.05, 3.63) is 35.9 Å². The van der Waals surface area contributed by atoms with Crippen molar-refractivity contribution in [2.75, 3.05) is 0 Å². The van der Waals surface area contributed by atoms with Crippen molar-refractivity contribution >= 4 is 11.7 Å². The van der Waals surface area contributed by atoms with Crippen molar-refractivity contribution in [3.8, 4) is 0 Å². The minimum atomic E-state index is -0.0752. The molecular formula is C15H19NO2. The normalized spacial score (nSPS) is 23.4. The highest BCUT2D eigenvalue weighted by atomic mass is 16.2. The first kappa shape index (κ1) is 12.8. The quantitative estimate of drug-likeness (QED) is 0.889. The number of nitrogens with one attached hydrogen (secondary N) is 1. The molecule has 1 amide bonds. The van der Waals surface area contributed by atoms with Crippen molar-refractivity contribution in [1.29, 1.82) is 0 Å². The summed E-state index contributed by atoms with van der Waals surface area (Å²) in [5.41, 5.74) is 0.658. The average Bonchev–Trinajstić information content (AvgIpc) is 2.40. The van der Waals surface area contributed by atoms with E-state index in [1.54, 1.807) is 19.1 Å². The summed E-state index contributed by atoms with van der Waals surface area (Å²) in [7, 11) is 0. The Hall–Kier alpha value is -1.64. The summed E-state index contributed by atoms with van der Waals surface area (Å²) in [5, 5.41) is 3.01. The van der Waals surface area contributed by atoms with E-state index < -0.39 is 0 Å². The van der Waals surface area contributed by atoms with Gasteiger partial charge in [0.1, 0.15) is 5.78 Å². The zero-order valence-corrected chi connectivity index (χ0v) is 10.7. The second kappa shape index (κ2) is 5.80. The Morgan fingerprint density at radius 1 is 1.11 bits per heavy atom. The minimum absolute atomic E-state index is 0.00366. The molecule has 3 heteroatoms. The molecule has 0 spiro atoms. The number of ketones is 1. The fourth-order valence-corrected chi connectivity index (χ4v) is 2.63. The summed E-state index contributed by atoms with van der Waals surface area (Å²) in [6.45, 7) is 1.62. The highest BCUT2D eigenvalue weighted by Crippen LogP contribution is 2.25. The van der Waals surface area contributed by atoms with Gasteiger partial charge in [-0.05, 0) is 31.9 Å². The van der Waals surface area contributed by atoms with Crippen LogP contribution in [0.4, 0.5) is 0 Å². The van der Waals surface area contributed by atoms with E-state index in [9.17, 15) is 9.59 Å². The smallest absolute Gasteiger partial charge is 0.251 e. The van der Waals surface area contributed by atoms with E-state index in [1.165, 1.54) is 0 Å². The van der Waals surface area contributed by atoms with Gasteiger partial charge in [-0.2, -0.15) is 0 Å². The van der Waals surface area contributed by atoms with Crippen LogP contribution in [0.2, 0.25) is 0 Å². The van der Waals surface area contributed by atoms with Gasteiger partial charge >= 0.3 is 0 Å². The molecule has 0 bridgehead atoms. The van der Waals surface area contributed by atoms with Crippen LogP contribution >= 0.6 is 0 Å². The number of hydrogen-bond acceptors (Lipinski definition) is 2. The van der Waals surface area contributed by atoms with Crippen molar-refractivity contribution in [2.24, 2.45) is 5.92 Å². The Labute approximate surface area is 108 Å². The number of rotatable bonds is 3. The summed E-state index contributed by atoms with van der Waals surface area (Å²) < 4.78 is 0. The third-order valence-corrected chi connectivity index (χ3v) is 3.64. The number of benzene rings is 1. The van der Waals surface area contributed by atoms with E-state index >= 15 is 0 Å². The predicted molar refractivity (Wildman–Crippen MR) is 70.3 cm³/mol. The monoisotopic (exact) mass is 245 g/mol. The molecule has 2 rings (SSSR count). The number of carbonyl (C=O) groups is 2. The second-order valence-corrected chi connectivity index (χ2v) is 4.95. The Kier molecular flexibility index (Phi) is 4.13. The molecular weight excluding hydrogens is 226 g/mol. The van der Waals surface area contributed by atoms with Gasteiger partial charge < -0.3 is 5.32 Å². The van der Waals surface area contributed by atoms with Crippen LogP contribution in [-0.4, -0.2) is 17.7 Å². The minimum Gasteiger partial charge on any atom is -0.349 e. The lowest BCUT2D eigenvalue weighted by molar-refractivity contribution is -0.122. The van der Waals surface area contributed by atoms with Crippen molar-refractivity contribution in [2.45, 2.75) is 38.6 Å². The molecule has 0 aliphatic heterocycles. The van der Waals surface area contributed by atoms with Gasteiger partial charge in [-0.25, -0.2) is 0 Å². The molecule has 2 atom stereocenters. The Morgan fingerprint density at radius 2 is 1.78 bits per heavy atom. The predicted octanol–water partition coefficient (Wildman–Crippen LogP) is 2.56. The van der Waals surface area contributed by atoms with Gasteiger partial charge in [-0.3, -0.25) is 9.59 Å². The van der Waals surface area contributed by atoms with Gasteiger partial charge in [0.2, 0.25) is 0 Å². The fourth-order valence-electron chi connectivity index (χ4n) is 2.63. The van der Waals surface area contributed by atoms with Gasteiger partial charge in [0.25, 0.3) is 5.91 Å². The average molecular weight is 245 g/mol. The summed E-state index contributed by atoms with van der Waals surface area (Å²) >= 11 is 0. The van der Waals surface area contributed by atoms with Gasteiger partial charge in [-0.15, -0.1) is 0 Å². The van der Waals surface area contributed by atoms with Crippen LogP contribution in [0, 0.1) is 5.92 Å². The van der Waals surface area contributed by atoms with Crippen LogP contribution < -0.4 is 5.32 Å². The SMILES string of the molecule is CC(=O)[C@H]1CCCCC1NC(=O)c1ccccc1. The maximum atomic E-state index is 12.1. The molecule has 0 aromatic heterocycles. The molecule has 18 heavy (non-hydrogen) atoms. The van der Waals surface area contributed by atoms with Crippen molar-refractivity contribution < 1.29 is 9.59 Å². The van der Waals surface area contributed by atoms with Gasteiger partial charge in [-0.1, -0.05) is 31.0 Å². The van der Waals surface area contributed by atoms with Crippen molar-refractivity contribution in [3.63, 3.8) is 0 Å². The first-order valence-electron chi connectivity index (χ1n) is 6.55. The van der Waals surface area contributed by atoms with Crippen LogP contribution in [0.25, 0.3) is 0 Å². The maximum absolute atomic E-state index is 12.1. The van der Waals surface area contributed by atoms with Gasteiger partial charge in [0.05, 0.1) is 0 Å². The van der Waals surface area contributed by atoms with Gasteiger partial charge in [0.15, 0.2) is 0 Å². The van der Waals surface area contributed by atoms with E-state index in [0.717, 1.165) is 25.7 Å². The molecule has 0 saturated heterocycles. The van der Waals surface area contributed by atoms with E-state index in [4.69, 9.17) is 0 Å². The number of amides is 1. The summed E-state index contributed by atoms with van der Waals surface area (Å²) in [6.07, 6.45) is 3.98. The summed E-state index contributed by atoms with van der Waals surface area (Å²) in [5.74, 6) is 0.105. The molecule has 1 fully saturated rings. The first-order valence-corrected chi connectivity index (χ1v) is 6.55. The molecule has 0 heterocycles. The standard InChI is InChI=1S/C15H19NO2/c1-11(17)13-9-5-6-10-14(13)16-15(18)12-7-3-2-4-8-12/h2-4,7-8,13-14H,5-6,9-10H2,1H3,(H,16,18)/t13-,14?/m1/s1. The Balaban J connectivity index is 2.03. The maximum Gasteiger partial charge on any atom is 0.251 e. The van der Waals surface area contributed by atoms with E-state index in [2.05, 4.69) is 5.32 Å². The molecule has 1 aliphatic rings. The molecule has 0 radical (unpaired) electrons. The topological polar surface area (TPSA) is 46.2 Å². The van der Waals surface area contributed by atoms with E-state index in [-0.39, 0.29) is 23.7 Å². The second-order valence-electron chi connectivity index (χ2n) is 4.95. The lowest BCUT2D eigenvalue weighted by Gasteiger charge is -2.30. The van der Waals surface area contributed by atoms with Crippen LogP contribution in [-0.2, 0) is 4.79 Å². The lowest BCUT2D eigenvalue weighted by Crippen LogP contribution is -2.44. The van der Waals surface area contributed by atoms with Crippen molar-refractivity contribution in [1.82, 2.24) is 5.32 Å². The molecule has 1 N–H and O–H groups in total. The highest BCUT2D eigenvalue weighted by molar-refractivity contribution is 5.94. The third kappa shape index (κ3) is 2.97. The number of Topliss-reactive ketones (excluding diaryl/α,β-unsaturated/α-hetero) is 1. The van der Waals surface area contributed by atoms with Gasteiger partial charge in [0, 0.05) is 17.5 Å². The molecule has 1 aliphatic carbocycles. The molecule has 3 nitrogen and oxygen atoms in total. The number of carbonyl (C=O) groups excluding carboxylic acids is 2. The third-order valence-electron chi connectivity index (χ3n) is 3.64. The molecule has 1 saturated carbocycles. The van der Waals surface area contributed by atoms with E-state index in [1.807, 2.05) is 18.2 Å². The molecule has 1 unspecified atom stereocenters.